The summed E-state index contributed by atoms with van der Waals surface area (Å²) >= 11 is 0. The van der Waals surface area contributed by atoms with E-state index in [9.17, 15) is 9.18 Å². The minimum absolute atomic E-state index is 0.237. The Morgan fingerprint density at radius 1 is 0.920 bits per heavy atom. The maximum atomic E-state index is 12.9. The van der Waals surface area contributed by atoms with Gasteiger partial charge in [0.15, 0.2) is 0 Å². The molecule has 0 unspecified atom stereocenters. The fraction of sp³-hybridized carbons (Fsp3) is 0.0556. The van der Waals surface area contributed by atoms with Gasteiger partial charge in [0.05, 0.1) is 16.7 Å². The highest BCUT2D eigenvalue weighted by Gasteiger charge is 2.05. The van der Waals surface area contributed by atoms with Crippen molar-refractivity contribution >= 4 is 16.9 Å². The van der Waals surface area contributed by atoms with Crippen molar-refractivity contribution in [2.75, 3.05) is 5.32 Å². The van der Waals surface area contributed by atoms with Crippen molar-refractivity contribution in [2.24, 2.45) is 0 Å². The number of aromatic nitrogens is 4. The minimum Gasteiger partial charge on any atom is -0.365 e. The van der Waals surface area contributed by atoms with Crippen LogP contribution in [0.4, 0.5) is 10.2 Å². The number of imidazole rings is 1. The van der Waals surface area contributed by atoms with Crippen molar-refractivity contribution in [1.82, 2.24) is 20.2 Å². The van der Waals surface area contributed by atoms with E-state index in [4.69, 9.17) is 0 Å². The standard InChI is InChI=1S/C18H14FN5O/c19-13-4-1-11(2-5-13)10-20-17-8-7-14(23-24-17)12-3-6-15-16(9-12)22-18(25)21-15/h1-9H,10H2,(H,20,24)(H2,21,22,25). The summed E-state index contributed by atoms with van der Waals surface area (Å²) in [5.41, 5.74) is 3.76. The molecule has 0 atom stereocenters. The molecule has 124 valence electrons. The Kier molecular flexibility index (Phi) is 3.74. The van der Waals surface area contributed by atoms with Gasteiger partial charge in [-0.15, -0.1) is 10.2 Å². The Balaban J connectivity index is 1.50. The molecule has 6 nitrogen and oxygen atoms in total. The van der Waals surface area contributed by atoms with Gasteiger partial charge in [0.2, 0.25) is 0 Å². The summed E-state index contributed by atoms with van der Waals surface area (Å²) in [5, 5.41) is 11.5. The number of fused-ring (bicyclic) bond motifs is 1. The first kappa shape index (κ1) is 15.1. The predicted octanol–water partition coefficient (Wildman–Crippen LogP) is 3.06. The zero-order chi connectivity index (χ0) is 17.2. The first-order chi connectivity index (χ1) is 12.2. The van der Waals surface area contributed by atoms with Gasteiger partial charge in [0, 0.05) is 12.1 Å². The van der Waals surface area contributed by atoms with Gasteiger partial charge in [0.25, 0.3) is 0 Å². The molecule has 0 bridgehead atoms. The Labute approximate surface area is 141 Å². The van der Waals surface area contributed by atoms with Gasteiger partial charge in [0.1, 0.15) is 11.6 Å². The molecule has 4 rings (SSSR count). The highest BCUT2D eigenvalue weighted by atomic mass is 19.1. The first-order valence-electron chi connectivity index (χ1n) is 7.72. The van der Waals surface area contributed by atoms with Crippen LogP contribution < -0.4 is 11.0 Å². The molecular formula is C18H14FN5O. The van der Waals surface area contributed by atoms with E-state index in [0.29, 0.717) is 18.1 Å². The average molecular weight is 335 g/mol. The van der Waals surface area contributed by atoms with Crippen LogP contribution in [0.5, 0.6) is 0 Å². The van der Waals surface area contributed by atoms with E-state index in [-0.39, 0.29) is 11.5 Å². The topological polar surface area (TPSA) is 86.5 Å². The Morgan fingerprint density at radius 3 is 2.48 bits per heavy atom. The van der Waals surface area contributed by atoms with Crippen molar-refractivity contribution < 1.29 is 4.39 Å². The number of anilines is 1. The van der Waals surface area contributed by atoms with Crippen LogP contribution in [0.1, 0.15) is 5.56 Å². The molecule has 0 radical (unpaired) electrons. The van der Waals surface area contributed by atoms with Gasteiger partial charge in [-0.1, -0.05) is 18.2 Å². The number of hydrogen-bond acceptors (Lipinski definition) is 4. The van der Waals surface area contributed by atoms with Gasteiger partial charge in [-0.05, 0) is 42.0 Å². The Morgan fingerprint density at radius 2 is 1.72 bits per heavy atom. The second-order valence-corrected chi connectivity index (χ2v) is 5.62. The molecule has 0 spiro atoms. The van der Waals surface area contributed by atoms with E-state index >= 15 is 0 Å². The third kappa shape index (κ3) is 3.25. The molecule has 0 aliphatic carbocycles. The molecule has 2 heterocycles. The maximum Gasteiger partial charge on any atom is 0.323 e. The number of rotatable bonds is 4. The quantitative estimate of drug-likeness (QED) is 0.535. The van der Waals surface area contributed by atoms with E-state index < -0.39 is 0 Å². The average Bonchev–Trinajstić information content (AvgIpc) is 3.01. The zero-order valence-electron chi connectivity index (χ0n) is 13.1. The molecule has 0 saturated carbocycles. The van der Waals surface area contributed by atoms with Gasteiger partial charge in [-0.2, -0.15) is 0 Å². The maximum absolute atomic E-state index is 12.9. The number of halogens is 1. The lowest BCUT2D eigenvalue weighted by Crippen LogP contribution is -2.02. The molecule has 3 N–H and O–H groups in total. The van der Waals surface area contributed by atoms with Crippen LogP contribution in [0.3, 0.4) is 0 Å². The lowest BCUT2D eigenvalue weighted by Gasteiger charge is -2.06. The normalized spacial score (nSPS) is 10.9. The number of nitrogens with one attached hydrogen (secondary N) is 3. The Hall–Kier alpha value is -3.48. The summed E-state index contributed by atoms with van der Waals surface area (Å²) in [7, 11) is 0. The highest BCUT2D eigenvalue weighted by Crippen LogP contribution is 2.20. The molecule has 4 aromatic rings. The van der Waals surface area contributed by atoms with Crippen molar-refractivity contribution in [3.05, 3.63) is 76.5 Å². The lowest BCUT2D eigenvalue weighted by molar-refractivity contribution is 0.627. The number of hydrogen-bond donors (Lipinski definition) is 3. The molecule has 0 amide bonds. The number of H-pyrrole nitrogens is 2. The smallest absolute Gasteiger partial charge is 0.323 e. The van der Waals surface area contributed by atoms with Gasteiger partial charge in [-0.3, -0.25) is 0 Å². The number of nitrogens with zero attached hydrogens (tertiary/aromatic N) is 2. The van der Waals surface area contributed by atoms with Crippen LogP contribution in [0.15, 0.2) is 59.4 Å². The van der Waals surface area contributed by atoms with Crippen molar-refractivity contribution in [3.8, 4) is 11.3 Å². The molecule has 0 fully saturated rings. The zero-order valence-corrected chi connectivity index (χ0v) is 13.1. The van der Waals surface area contributed by atoms with E-state index in [1.165, 1.54) is 12.1 Å². The van der Waals surface area contributed by atoms with Gasteiger partial charge < -0.3 is 15.3 Å². The summed E-state index contributed by atoms with van der Waals surface area (Å²) in [4.78, 5) is 16.7. The minimum atomic E-state index is -0.256. The summed E-state index contributed by atoms with van der Waals surface area (Å²) in [5.74, 6) is 0.373. The molecule has 2 aromatic heterocycles. The molecule has 0 aliphatic rings. The number of benzene rings is 2. The van der Waals surface area contributed by atoms with Crippen LogP contribution in [-0.4, -0.2) is 20.2 Å². The lowest BCUT2D eigenvalue weighted by atomic mass is 10.1. The monoisotopic (exact) mass is 335 g/mol. The summed E-state index contributed by atoms with van der Waals surface area (Å²) in [6, 6.07) is 15.5. The van der Waals surface area contributed by atoms with Crippen LogP contribution in [-0.2, 0) is 6.54 Å². The third-order valence-electron chi connectivity index (χ3n) is 3.86. The second kappa shape index (κ2) is 6.20. The second-order valence-electron chi connectivity index (χ2n) is 5.62. The van der Waals surface area contributed by atoms with E-state index in [1.54, 1.807) is 12.1 Å². The molecule has 7 heteroatoms. The third-order valence-corrected chi connectivity index (χ3v) is 3.86. The van der Waals surface area contributed by atoms with Gasteiger partial charge in [-0.25, -0.2) is 9.18 Å². The largest absolute Gasteiger partial charge is 0.365 e. The van der Waals surface area contributed by atoms with Crippen LogP contribution in [0.25, 0.3) is 22.3 Å². The summed E-state index contributed by atoms with van der Waals surface area (Å²) in [6.45, 7) is 0.533. The fourth-order valence-corrected chi connectivity index (χ4v) is 2.57. The molecular weight excluding hydrogens is 321 g/mol. The van der Waals surface area contributed by atoms with Crippen molar-refractivity contribution in [1.29, 1.82) is 0 Å². The predicted molar refractivity (Wildman–Crippen MR) is 93.7 cm³/mol. The SMILES string of the molecule is O=c1[nH]c2ccc(-c3ccc(NCc4ccc(F)cc4)nn3)cc2[nH]1. The summed E-state index contributed by atoms with van der Waals surface area (Å²) < 4.78 is 12.9. The Bertz CT molecular complexity index is 1070. The first-order valence-corrected chi connectivity index (χ1v) is 7.72. The van der Waals surface area contributed by atoms with Crippen LogP contribution >= 0.6 is 0 Å². The van der Waals surface area contributed by atoms with E-state index in [0.717, 1.165) is 22.2 Å². The van der Waals surface area contributed by atoms with E-state index in [2.05, 4.69) is 25.5 Å². The molecule has 2 aromatic carbocycles. The summed E-state index contributed by atoms with van der Waals surface area (Å²) in [6.07, 6.45) is 0. The molecule has 25 heavy (non-hydrogen) atoms. The van der Waals surface area contributed by atoms with Gasteiger partial charge >= 0.3 is 5.69 Å². The van der Waals surface area contributed by atoms with Crippen LogP contribution in [0.2, 0.25) is 0 Å². The van der Waals surface area contributed by atoms with Crippen LogP contribution in [0, 0.1) is 5.82 Å². The van der Waals surface area contributed by atoms with Crippen molar-refractivity contribution in [2.45, 2.75) is 6.54 Å². The highest BCUT2D eigenvalue weighted by molar-refractivity contribution is 5.80. The van der Waals surface area contributed by atoms with Crippen molar-refractivity contribution in [3.63, 3.8) is 0 Å². The van der Waals surface area contributed by atoms with E-state index in [1.807, 2.05) is 30.3 Å². The number of aromatic amines is 2. The molecule has 0 aliphatic heterocycles. The fourth-order valence-electron chi connectivity index (χ4n) is 2.57. The molecule has 0 saturated heterocycles.